The fraction of sp³-hybridized carbons (Fsp3) is 0.400. The number of nitrogen functional groups attached to an aromatic ring is 1. The van der Waals surface area contributed by atoms with Crippen molar-refractivity contribution in [1.82, 2.24) is 20.2 Å². The molecular formula is C15H20FN5OS. The first-order valence-corrected chi connectivity index (χ1v) is 8.00. The number of carbonyl (C=O) groups excluding carboxylic acids is 1. The minimum atomic E-state index is -0.373. The van der Waals surface area contributed by atoms with E-state index < -0.39 is 0 Å². The fourth-order valence-electron chi connectivity index (χ4n) is 1.84. The number of amides is 1. The molecule has 124 valence electrons. The molecule has 2 aromatic rings. The molecule has 0 aliphatic carbocycles. The molecule has 23 heavy (non-hydrogen) atoms. The van der Waals surface area contributed by atoms with Crippen LogP contribution < -0.4 is 11.2 Å². The summed E-state index contributed by atoms with van der Waals surface area (Å²) in [5.74, 6) is 5.97. The van der Waals surface area contributed by atoms with Gasteiger partial charge in [-0.25, -0.2) is 9.07 Å². The van der Waals surface area contributed by atoms with Crippen molar-refractivity contribution < 1.29 is 9.18 Å². The molecule has 1 aromatic carbocycles. The number of carbonyl (C=O) groups is 1. The van der Waals surface area contributed by atoms with Crippen LogP contribution in [0.5, 0.6) is 0 Å². The van der Waals surface area contributed by atoms with Crippen LogP contribution in [0.4, 0.5) is 4.39 Å². The number of thioether (sulfide) groups is 1. The average molecular weight is 337 g/mol. The molecule has 2 rings (SSSR count). The molecule has 1 atom stereocenters. The van der Waals surface area contributed by atoms with Gasteiger partial charge in [0.2, 0.25) is 11.1 Å². The zero-order valence-corrected chi connectivity index (χ0v) is 14.3. The minimum Gasteiger partial charge on any atom is -0.351 e. The van der Waals surface area contributed by atoms with E-state index in [1.54, 1.807) is 19.1 Å². The summed E-state index contributed by atoms with van der Waals surface area (Å²) >= 11 is 1.22. The summed E-state index contributed by atoms with van der Waals surface area (Å²) < 4.78 is 14.3. The molecular weight excluding hydrogens is 317 g/mol. The van der Waals surface area contributed by atoms with Crippen molar-refractivity contribution in [3.05, 3.63) is 30.1 Å². The number of hydrogen-bond donors (Lipinski definition) is 2. The van der Waals surface area contributed by atoms with Gasteiger partial charge in [0.15, 0.2) is 5.82 Å². The molecule has 0 saturated carbocycles. The SMILES string of the molecule is C[C@@H](Sc1nnc(-c2ccc(F)cc2)n1N)C(=O)NC(C)(C)C. The van der Waals surface area contributed by atoms with Crippen molar-refractivity contribution in [2.45, 2.75) is 43.6 Å². The van der Waals surface area contributed by atoms with Gasteiger partial charge in [-0.1, -0.05) is 11.8 Å². The predicted octanol–water partition coefficient (Wildman–Crippen LogP) is 2.19. The maximum absolute atomic E-state index is 13.0. The first-order valence-electron chi connectivity index (χ1n) is 7.12. The highest BCUT2D eigenvalue weighted by molar-refractivity contribution is 8.00. The molecule has 1 aromatic heterocycles. The molecule has 6 nitrogen and oxygen atoms in total. The van der Waals surface area contributed by atoms with E-state index in [9.17, 15) is 9.18 Å². The zero-order chi connectivity index (χ0) is 17.2. The molecule has 8 heteroatoms. The Labute approximate surface area is 138 Å². The van der Waals surface area contributed by atoms with Crippen LogP contribution in [0.15, 0.2) is 29.4 Å². The molecule has 0 saturated heterocycles. The average Bonchev–Trinajstić information content (AvgIpc) is 2.79. The van der Waals surface area contributed by atoms with Crippen molar-refractivity contribution in [1.29, 1.82) is 0 Å². The van der Waals surface area contributed by atoms with Gasteiger partial charge in [-0.05, 0) is 52.0 Å². The monoisotopic (exact) mass is 337 g/mol. The second-order valence-corrected chi connectivity index (χ2v) is 7.49. The number of rotatable bonds is 4. The van der Waals surface area contributed by atoms with Gasteiger partial charge in [-0.15, -0.1) is 10.2 Å². The van der Waals surface area contributed by atoms with Crippen molar-refractivity contribution in [3.8, 4) is 11.4 Å². The van der Waals surface area contributed by atoms with Crippen molar-refractivity contribution in [3.63, 3.8) is 0 Å². The van der Waals surface area contributed by atoms with Gasteiger partial charge in [0, 0.05) is 11.1 Å². The molecule has 0 spiro atoms. The maximum atomic E-state index is 13.0. The van der Waals surface area contributed by atoms with Crippen LogP contribution in [0.25, 0.3) is 11.4 Å². The molecule has 1 heterocycles. The number of benzene rings is 1. The highest BCUT2D eigenvalue weighted by Crippen LogP contribution is 2.25. The van der Waals surface area contributed by atoms with Crippen LogP contribution in [0.1, 0.15) is 27.7 Å². The minimum absolute atomic E-state index is 0.103. The standard InChI is InChI=1S/C15H20FN5OS/c1-9(13(22)18-15(2,3)4)23-14-20-19-12(21(14)17)10-5-7-11(16)8-6-10/h5-9H,17H2,1-4H3,(H,18,22)/t9-/m1/s1. The van der Waals surface area contributed by atoms with Crippen LogP contribution >= 0.6 is 11.8 Å². The van der Waals surface area contributed by atoms with E-state index in [0.717, 1.165) is 0 Å². The number of nitrogens with zero attached hydrogens (tertiary/aromatic N) is 3. The quantitative estimate of drug-likeness (QED) is 0.660. The molecule has 1 amide bonds. The zero-order valence-electron chi connectivity index (χ0n) is 13.5. The van der Waals surface area contributed by atoms with E-state index >= 15 is 0 Å². The summed E-state index contributed by atoms with van der Waals surface area (Å²) in [7, 11) is 0. The molecule has 0 bridgehead atoms. The van der Waals surface area contributed by atoms with Crippen molar-refractivity contribution >= 4 is 17.7 Å². The van der Waals surface area contributed by atoms with E-state index in [0.29, 0.717) is 16.5 Å². The van der Waals surface area contributed by atoms with Crippen LogP contribution in [0.2, 0.25) is 0 Å². The maximum Gasteiger partial charge on any atom is 0.233 e. The number of aromatic nitrogens is 3. The topological polar surface area (TPSA) is 85.8 Å². The molecule has 0 fully saturated rings. The van der Waals surface area contributed by atoms with E-state index in [4.69, 9.17) is 5.84 Å². The second kappa shape index (κ2) is 6.57. The van der Waals surface area contributed by atoms with Crippen LogP contribution in [-0.4, -0.2) is 31.6 Å². The summed E-state index contributed by atoms with van der Waals surface area (Å²) in [6.07, 6.45) is 0. The van der Waals surface area contributed by atoms with Crippen LogP contribution in [0.3, 0.4) is 0 Å². The van der Waals surface area contributed by atoms with E-state index in [-0.39, 0.29) is 22.5 Å². The van der Waals surface area contributed by atoms with Gasteiger partial charge in [-0.2, -0.15) is 0 Å². The molecule has 0 radical (unpaired) electrons. The summed E-state index contributed by atoms with van der Waals surface area (Å²) in [4.78, 5) is 12.1. The Kier molecular flexibility index (Phi) is 4.93. The van der Waals surface area contributed by atoms with Crippen LogP contribution in [0, 0.1) is 5.82 Å². The Bertz CT molecular complexity index is 693. The lowest BCUT2D eigenvalue weighted by atomic mass is 10.1. The Morgan fingerprint density at radius 1 is 1.30 bits per heavy atom. The number of halogens is 1. The van der Waals surface area contributed by atoms with Gasteiger partial charge < -0.3 is 11.2 Å². The van der Waals surface area contributed by atoms with Crippen molar-refractivity contribution in [2.75, 3.05) is 5.84 Å². The lowest BCUT2D eigenvalue weighted by Crippen LogP contribution is -2.44. The fourth-order valence-corrected chi connectivity index (χ4v) is 2.61. The van der Waals surface area contributed by atoms with Crippen molar-refractivity contribution in [2.24, 2.45) is 0 Å². The lowest BCUT2D eigenvalue weighted by Gasteiger charge is -2.22. The Balaban J connectivity index is 2.13. The molecule has 0 unspecified atom stereocenters. The van der Waals surface area contributed by atoms with Gasteiger partial charge in [0.25, 0.3) is 0 Å². The third-order valence-corrected chi connectivity index (χ3v) is 3.97. The summed E-state index contributed by atoms with van der Waals surface area (Å²) in [6.45, 7) is 7.53. The van der Waals surface area contributed by atoms with E-state index in [1.807, 2.05) is 20.8 Å². The summed E-state index contributed by atoms with van der Waals surface area (Å²) in [5.41, 5.74) is 0.349. The normalized spacial score (nSPS) is 12.9. The molecule has 0 aliphatic rings. The number of nitrogens with one attached hydrogen (secondary N) is 1. The Hall–Kier alpha value is -2.09. The summed E-state index contributed by atoms with van der Waals surface area (Å²) in [6, 6.07) is 5.81. The third-order valence-electron chi connectivity index (χ3n) is 2.92. The van der Waals surface area contributed by atoms with Gasteiger partial charge in [0.05, 0.1) is 5.25 Å². The lowest BCUT2D eigenvalue weighted by molar-refractivity contribution is -0.121. The Morgan fingerprint density at radius 2 is 1.91 bits per heavy atom. The summed E-state index contributed by atoms with van der Waals surface area (Å²) in [5, 5.41) is 11.0. The largest absolute Gasteiger partial charge is 0.351 e. The number of nitrogens with two attached hydrogens (primary N) is 1. The molecule has 0 aliphatic heterocycles. The first-order chi connectivity index (χ1) is 10.7. The Morgan fingerprint density at radius 3 is 2.48 bits per heavy atom. The van der Waals surface area contributed by atoms with Gasteiger partial charge >= 0.3 is 0 Å². The highest BCUT2D eigenvalue weighted by Gasteiger charge is 2.23. The molecule has 3 N–H and O–H groups in total. The predicted molar refractivity (Wildman–Crippen MR) is 88.8 cm³/mol. The van der Waals surface area contributed by atoms with Crippen LogP contribution in [-0.2, 0) is 4.79 Å². The highest BCUT2D eigenvalue weighted by atomic mass is 32.2. The van der Waals surface area contributed by atoms with Gasteiger partial charge in [0.1, 0.15) is 5.82 Å². The second-order valence-electron chi connectivity index (χ2n) is 6.18. The number of hydrogen-bond acceptors (Lipinski definition) is 5. The smallest absolute Gasteiger partial charge is 0.233 e. The first kappa shape index (κ1) is 17.3. The third kappa shape index (κ3) is 4.44. The van der Waals surface area contributed by atoms with E-state index in [1.165, 1.54) is 28.6 Å². The van der Waals surface area contributed by atoms with E-state index in [2.05, 4.69) is 15.5 Å². The van der Waals surface area contributed by atoms with Gasteiger partial charge in [-0.3, -0.25) is 4.79 Å².